The standard InChI is InChI=1S/C24H29NO2/c1-17-14-15-25(18(17)2)16-19-10-12-20(13-11-19)21-8-6-7-9-22(21)23(26)27-24(3,4)5/h6-13H,14-16H2,1-5H3. The fourth-order valence-electron chi connectivity index (χ4n) is 3.37. The molecule has 1 aliphatic rings. The second-order valence-electron chi connectivity index (χ2n) is 8.28. The molecule has 0 atom stereocenters. The molecule has 0 bridgehead atoms. The molecule has 0 saturated carbocycles. The number of hydrogen-bond acceptors (Lipinski definition) is 3. The SMILES string of the molecule is CC1=C(C)N(Cc2ccc(-c3ccccc3C(=O)OC(C)(C)C)cc2)CC1. The van der Waals surface area contributed by atoms with Gasteiger partial charge in [-0.3, -0.25) is 0 Å². The van der Waals surface area contributed by atoms with Crippen LogP contribution < -0.4 is 0 Å². The van der Waals surface area contributed by atoms with Crippen LogP contribution in [-0.2, 0) is 11.3 Å². The fourth-order valence-corrected chi connectivity index (χ4v) is 3.37. The summed E-state index contributed by atoms with van der Waals surface area (Å²) in [5.74, 6) is -0.282. The molecule has 0 aromatic heterocycles. The molecule has 0 unspecified atom stereocenters. The zero-order chi connectivity index (χ0) is 19.6. The molecular formula is C24H29NO2. The van der Waals surface area contributed by atoms with E-state index in [2.05, 4.69) is 43.0 Å². The number of rotatable bonds is 4. The minimum absolute atomic E-state index is 0.282. The average Bonchev–Trinajstić information content (AvgIpc) is 2.93. The van der Waals surface area contributed by atoms with Crippen LogP contribution in [0.3, 0.4) is 0 Å². The van der Waals surface area contributed by atoms with Crippen LogP contribution >= 0.6 is 0 Å². The summed E-state index contributed by atoms with van der Waals surface area (Å²) in [7, 11) is 0. The van der Waals surface area contributed by atoms with Crippen LogP contribution in [0.1, 0.15) is 57.0 Å². The third kappa shape index (κ3) is 4.60. The molecule has 0 spiro atoms. The van der Waals surface area contributed by atoms with Crippen LogP contribution in [-0.4, -0.2) is 23.0 Å². The van der Waals surface area contributed by atoms with Crippen LogP contribution in [0.5, 0.6) is 0 Å². The zero-order valence-corrected chi connectivity index (χ0v) is 17.0. The molecule has 0 aliphatic carbocycles. The zero-order valence-electron chi connectivity index (χ0n) is 17.0. The van der Waals surface area contributed by atoms with E-state index in [1.165, 1.54) is 16.8 Å². The van der Waals surface area contributed by atoms with Gasteiger partial charge in [0.15, 0.2) is 0 Å². The molecule has 2 aromatic carbocycles. The lowest BCUT2D eigenvalue weighted by molar-refractivity contribution is 0.00704. The summed E-state index contributed by atoms with van der Waals surface area (Å²) in [6.45, 7) is 12.1. The summed E-state index contributed by atoms with van der Waals surface area (Å²) in [6.07, 6.45) is 1.16. The van der Waals surface area contributed by atoms with Crippen molar-refractivity contribution in [1.82, 2.24) is 4.90 Å². The summed E-state index contributed by atoms with van der Waals surface area (Å²) in [6, 6.07) is 16.1. The first-order valence-electron chi connectivity index (χ1n) is 9.57. The summed E-state index contributed by atoms with van der Waals surface area (Å²) >= 11 is 0. The van der Waals surface area contributed by atoms with Crippen molar-refractivity contribution < 1.29 is 9.53 Å². The molecule has 3 rings (SSSR count). The molecule has 0 fully saturated rings. The van der Waals surface area contributed by atoms with Gasteiger partial charge in [0.1, 0.15) is 5.60 Å². The summed E-state index contributed by atoms with van der Waals surface area (Å²) < 4.78 is 5.57. The lowest BCUT2D eigenvalue weighted by atomic mass is 9.98. The van der Waals surface area contributed by atoms with E-state index in [4.69, 9.17) is 4.74 Å². The maximum absolute atomic E-state index is 12.6. The van der Waals surface area contributed by atoms with Crippen LogP contribution in [0.15, 0.2) is 59.8 Å². The van der Waals surface area contributed by atoms with Crippen molar-refractivity contribution >= 4 is 5.97 Å². The van der Waals surface area contributed by atoms with Gasteiger partial charge in [0.2, 0.25) is 0 Å². The predicted octanol–water partition coefficient (Wildman–Crippen LogP) is 5.81. The van der Waals surface area contributed by atoms with E-state index >= 15 is 0 Å². The Morgan fingerprint density at radius 3 is 2.30 bits per heavy atom. The minimum Gasteiger partial charge on any atom is -0.456 e. The van der Waals surface area contributed by atoms with Gasteiger partial charge in [-0.05, 0) is 63.8 Å². The maximum Gasteiger partial charge on any atom is 0.339 e. The van der Waals surface area contributed by atoms with E-state index in [1.807, 2.05) is 45.0 Å². The number of esters is 1. The van der Waals surface area contributed by atoms with Gasteiger partial charge >= 0.3 is 5.97 Å². The topological polar surface area (TPSA) is 29.5 Å². The van der Waals surface area contributed by atoms with Gasteiger partial charge in [-0.15, -0.1) is 0 Å². The number of ether oxygens (including phenoxy) is 1. The maximum atomic E-state index is 12.6. The highest BCUT2D eigenvalue weighted by Crippen LogP contribution is 2.28. The quantitative estimate of drug-likeness (QED) is 0.642. The third-order valence-corrected chi connectivity index (χ3v) is 5.03. The number of hydrogen-bond donors (Lipinski definition) is 0. The van der Waals surface area contributed by atoms with E-state index < -0.39 is 5.60 Å². The van der Waals surface area contributed by atoms with Crippen molar-refractivity contribution in [3.05, 3.63) is 70.9 Å². The highest BCUT2D eigenvalue weighted by molar-refractivity contribution is 5.97. The monoisotopic (exact) mass is 363 g/mol. The Bertz CT molecular complexity index is 857. The van der Waals surface area contributed by atoms with E-state index in [-0.39, 0.29) is 5.97 Å². The normalized spacial score (nSPS) is 14.6. The van der Waals surface area contributed by atoms with E-state index in [0.29, 0.717) is 5.56 Å². The number of allylic oxidation sites excluding steroid dienone is 1. The third-order valence-electron chi connectivity index (χ3n) is 5.03. The molecule has 27 heavy (non-hydrogen) atoms. The largest absolute Gasteiger partial charge is 0.456 e. The molecule has 3 nitrogen and oxygen atoms in total. The number of nitrogens with zero attached hydrogens (tertiary/aromatic N) is 1. The Labute approximate surface area is 162 Å². The summed E-state index contributed by atoms with van der Waals surface area (Å²) in [4.78, 5) is 15.0. The number of carbonyl (C=O) groups is 1. The Morgan fingerprint density at radius 2 is 1.70 bits per heavy atom. The van der Waals surface area contributed by atoms with Crippen molar-refractivity contribution in [3.8, 4) is 11.1 Å². The van der Waals surface area contributed by atoms with Crippen LogP contribution in [0, 0.1) is 0 Å². The Morgan fingerprint density at radius 1 is 1.04 bits per heavy atom. The molecule has 0 saturated heterocycles. The molecular weight excluding hydrogens is 334 g/mol. The van der Waals surface area contributed by atoms with Crippen molar-refractivity contribution in [2.45, 2.75) is 53.2 Å². The van der Waals surface area contributed by atoms with Crippen LogP contribution in [0.25, 0.3) is 11.1 Å². The van der Waals surface area contributed by atoms with Gasteiger partial charge in [0.25, 0.3) is 0 Å². The molecule has 142 valence electrons. The fraction of sp³-hybridized carbons (Fsp3) is 0.375. The summed E-state index contributed by atoms with van der Waals surface area (Å²) in [5.41, 5.74) is 6.20. The van der Waals surface area contributed by atoms with Crippen LogP contribution in [0.4, 0.5) is 0 Å². The van der Waals surface area contributed by atoms with Crippen molar-refractivity contribution in [2.75, 3.05) is 6.54 Å². The minimum atomic E-state index is -0.507. The van der Waals surface area contributed by atoms with Gasteiger partial charge in [-0.2, -0.15) is 0 Å². The predicted molar refractivity (Wildman–Crippen MR) is 110 cm³/mol. The van der Waals surface area contributed by atoms with Gasteiger partial charge in [0, 0.05) is 18.8 Å². The molecule has 1 heterocycles. The van der Waals surface area contributed by atoms with E-state index in [9.17, 15) is 4.79 Å². The first-order chi connectivity index (χ1) is 12.7. The lowest BCUT2D eigenvalue weighted by Crippen LogP contribution is -2.24. The second kappa shape index (κ2) is 7.59. The number of benzene rings is 2. The first kappa shape index (κ1) is 19.2. The highest BCUT2D eigenvalue weighted by Gasteiger charge is 2.21. The van der Waals surface area contributed by atoms with Crippen molar-refractivity contribution in [2.24, 2.45) is 0 Å². The molecule has 2 aromatic rings. The van der Waals surface area contributed by atoms with Gasteiger partial charge in [-0.1, -0.05) is 48.0 Å². The Hall–Kier alpha value is -2.55. The average molecular weight is 364 g/mol. The number of carbonyl (C=O) groups excluding carboxylic acids is 1. The summed E-state index contributed by atoms with van der Waals surface area (Å²) in [5, 5.41) is 0. The lowest BCUT2D eigenvalue weighted by Gasteiger charge is -2.21. The molecule has 3 heteroatoms. The van der Waals surface area contributed by atoms with E-state index in [1.54, 1.807) is 0 Å². The molecule has 1 aliphatic heterocycles. The van der Waals surface area contributed by atoms with E-state index in [0.717, 1.165) is 30.6 Å². The van der Waals surface area contributed by atoms with Crippen molar-refractivity contribution in [1.29, 1.82) is 0 Å². The highest BCUT2D eigenvalue weighted by atomic mass is 16.6. The Balaban J connectivity index is 1.81. The first-order valence-corrected chi connectivity index (χ1v) is 9.57. The molecule has 0 amide bonds. The molecule has 0 radical (unpaired) electrons. The van der Waals surface area contributed by atoms with Gasteiger partial charge < -0.3 is 9.64 Å². The Kier molecular flexibility index (Phi) is 5.41. The molecule has 0 N–H and O–H groups in total. The van der Waals surface area contributed by atoms with Crippen LogP contribution in [0.2, 0.25) is 0 Å². The second-order valence-corrected chi connectivity index (χ2v) is 8.28. The van der Waals surface area contributed by atoms with Crippen molar-refractivity contribution in [3.63, 3.8) is 0 Å². The van der Waals surface area contributed by atoms with Gasteiger partial charge in [0.05, 0.1) is 5.56 Å². The smallest absolute Gasteiger partial charge is 0.339 e. The van der Waals surface area contributed by atoms with Gasteiger partial charge in [-0.25, -0.2) is 4.79 Å².